The van der Waals surface area contributed by atoms with Gasteiger partial charge >= 0.3 is 11.9 Å². The lowest BCUT2D eigenvalue weighted by atomic mass is 10.0. The van der Waals surface area contributed by atoms with Crippen molar-refractivity contribution in [3.8, 4) is 11.8 Å². The van der Waals surface area contributed by atoms with E-state index in [1.54, 1.807) is 56.3 Å². The molecule has 162 valence electrons. The predicted molar refractivity (Wildman–Crippen MR) is 113 cm³/mol. The molecule has 2 aromatic carbocycles. The zero-order valence-corrected chi connectivity index (χ0v) is 17.7. The maximum Gasteiger partial charge on any atom is 0.348 e. The minimum absolute atomic E-state index is 0.133. The highest BCUT2D eigenvalue weighted by Crippen LogP contribution is 2.28. The Hall–Kier alpha value is -4.25. The molecule has 1 aliphatic heterocycles. The number of nitriles is 1. The number of carbonyl (C=O) groups is 4. The number of ether oxygens (including phenoxy) is 2. The first kappa shape index (κ1) is 22.4. The van der Waals surface area contributed by atoms with Gasteiger partial charge in [-0.1, -0.05) is 38.1 Å². The molecule has 32 heavy (non-hydrogen) atoms. The van der Waals surface area contributed by atoms with Gasteiger partial charge < -0.3 is 9.47 Å². The summed E-state index contributed by atoms with van der Waals surface area (Å²) in [5.74, 6) is -2.93. The highest BCUT2D eigenvalue weighted by Gasteiger charge is 2.44. The molecule has 1 atom stereocenters. The summed E-state index contributed by atoms with van der Waals surface area (Å²) in [6, 6.07) is 13.2. The fourth-order valence-corrected chi connectivity index (χ4v) is 3.39. The van der Waals surface area contributed by atoms with E-state index in [1.165, 1.54) is 18.2 Å². The van der Waals surface area contributed by atoms with Gasteiger partial charge in [-0.25, -0.2) is 9.59 Å². The van der Waals surface area contributed by atoms with Crippen molar-refractivity contribution in [3.63, 3.8) is 0 Å². The molecule has 1 aliphatic rings. The Morgan fingerprint density at radius 2 is 1.66 bits per heavy atom. The van der Waals surface area contributed by atoms with Gasteiger partial charge in [-0.3, -0.25) is 14.5 Å². The smallest absolute Gasteiger partial charge is 0.348 e. The van der Waals surface area contributed by atoms with Crippen LogP contribution < -0.4 is 4.74 Å². The molecule has 0 aromatic heterocycles. The van der Waals surface area contributed by atoms with Crippen molar-refractivity contribution < 1.29 is 28.7 Å². The van der Waals surface area contributed by atoms with Gasteiger partial charge in [0.1, 0.15) is 23.4 Å². The molecule has 1 heterocycles. The highest BCUT2D eigenvalue weighted by molar-refractivity contribution is 6.22. The van der Waals surface area contributed by atoms with E-state index in [0.717, 1.165) is 12.0 Å². The largest absolute Gasteiger partial charge is 0.465 e. The fraction of sp³-hybridized carbons (Fsp3) is 0.208. The highest BCUT2D eigenvalue weighted by atomic mass is 16.5. The van der Waals surface area contributed by atoms with Crippen molar-refractivity contribution in [3.05, 3.63) is 70.8 Å². The number of hydrogen-bond acceptors (Lipinski definition) is 7. The summed E-state index contributed by atoms with van der Waals surface area (Å²) in [5.41, 5.74) is 0.700. The van der Waals surface area contributed by atoms with Crippen molar-refractivity contribution in [1.82, 2.24) is 4.90 Å². The van der Waals surface area contributed by atoms with Crippen LogP contribution in [0.15, 0.2) is 54.1 Å². The van der Waals surface area contributed by atoms with E-state index in [2.05, 4.69) is 4.74 Å². The number of nitrogens with zero attached hydrogens (tertiary/aromatic N) is 2. The Morgan fingerprint density at radius 3 is 2.19 bits per heavy atom. The first-order chi connectivity index (χ1) is 15.3. The molecule has 0 spiro atoms. The molecule has 0 fully saturated rings. The van der Waals surface area contributed by atoms with Gasteiger partial charge in [-0.15, -0.1) is 0 Å². The fourth-order valence-electron chi connectivity index (χ4n) is 3.39. The maximum absolute atomic E-state index is 13.0. The van der Waals surface area contributed by atoms with Crippen molar-refractivity contribution in [2.24, 2.45) is 5.92 Å². The third-order valence-corrected chi connectivity index (χ3v) is 4.89. The van der Waals surface area contributed by atoms with E-state index in [0.29, 0.717) is 5.56 Å². The van der Waals surface area contributed by atoms with Crippen molar-refractivity contribution >= 4 is 29.8 Å². The van der Waals surface area contributed by atoms with Crippen LogP contribution in [0.1, 0.15) is 40.1 Å². The average molecular weight is 432 g/mol. The van der Waals surface area contributed by atoms with E-state index in [1.807, 2.05) is 0 Å². The third-order valence-electron chi connectivity index (χ3n) is 4.89. The average Bonchev–Trinajstić information content (AvgIpc) is 3.02. The lowest BCUT2D eigenvalue weighted by molar-refractivity contribution is -0.140. The van der Waals surface area contributed by atoms with Gasteiger partial charge in [-0.05, 0) is 41.8 Å². The Kier molecular flexibility index (Phi) is 6.50. The SMILES string of the molecule is COC(=O)/C(C#N)=C/c1cccc(OC(=O)C(C(C)C)N2C(=O)c3ccccc3C2=O)c1. The molecule has 0 saturated heterocycles. The van der Waals surface area contributed by atoms with Crippen LogP contribution in [0.3, 0.4) is 0 Å². The van der Waals surface area contributed by atoms with Gasteiger partial charge in [0.15, 0.2) is 0 Å². The molecular weight excluding hydrogens is 412 g/mol. The maximum atomic E-state index is 13.0. The van der Waals surface area contributed by atoms with E-state index in [4.69, 9.17) is 10.00 Å². The molecule has 0 saturated carbocycles. The second-order valence-electron chi connectivity index (χ2n) is 7.37. The number of imide groups is 1. The summed E-state index contributed by atoms with van der Waals surface area (Å²) in [6.07, 6.45) is 1.30. The normalized spacial score (nSPS) is 14.1. The topological polar surface area (TPSA) is 114 Å². The van der Waals surface area contributed by atoms with Crippen molar-refractivity contribution in [1.29, 1.82) is 5.26 Å². The number of hydrogen-bond donors (Lipinski definition) is 0. The number of fused-ring (bicyclic) bond motifs is 1. The van der Waals surface area contributed by atoms with Crippen molar-refractivity contribution in [2.45, 2.75) is 19.9 Å². The third kappa shape index (κ3) is 4.27. The molecule has 2 amide bonds. The van der Waals surface area contributed by atoms with Gasteiger partial charge in [0.05, 0.1) is 18.2 Å². The number of benzene rings is 2. The molecule has 3 rings (SSSR count). The summed E-state index contributed by atoms with van der Waals surface area (Å²) in [7, 11) is 1.16. The minimum atomic E-state index is -1.13. The first-order valence-corrected chi connectivity index (χ1v) is 9.77. The summed E-state index contributed by atoms with van der Waals surface area (Å²) in [6.45, 7) is 3.42. The molecule has 2 aromatic rings. The first-order valence-electron chi connectivity index (χ1n) is 9.77. The van der Waals surface area contributed by atoms with E-state index in [9.17, 15) is 19.2 Å². The van der Waals surface area contributed by atoms with E-state index < -0.39 is 35.7 Å². The molecule has 8 nitrogen and oxygen atoms in total. The molecule has 0 bridgehead atoms. The minimum Gasteiger partial charge on any atom is -0.465 e. The predicted octanol–water partition coefficient (Wildman–Crippen LogP) is 2.99. The Balaban J connectivity index is 1.87. The number of esters is 2. The summed E-state index contributed by atoms with van der Waals surface area (Å²) < 4.78 is 10.0. The Bertz CT molecular complexity index is 1140. The van der Waals surface area contributed by atoms with Gasteiger partial charge in [0.2, 0.25) is 0 Å². The Labute approximate surface area is 184 Å². The summed E-state index contributed by atoms with van der Waals surface area (Å²) >= 11 is 0. The molecular formula is C24H20N2O6. The lowest BCUT2D eigenvalue weighted by Gasteiger charge is -2.27. The summed E-state index contributed by atoms with van der Waals surface area (Å²) in [5, 5.41) is 9.11. The van der Waals surface area contributed by atoms with Crippen LogP contribution in [0.4, 0.5) is 0 Å². The standard InChI is InChI=1S/C24H20N2O6/c1-14(2)20(26-21(27)18-9-4-5-10-19(18)22(26)28)24(30)32-17-8-6-7-15(12-17)11-16(13-25)23(29)31-3/h4-12,14,20H,1-3H3/b16-11+. The van der Waals surface area contributed by atoms with Crippen LogP contribution in [-0.4, -0.2) is 41.8 Å². The molecule has 8 heteroatoms. The molecule has 0 N–H and O–H groups in total. The van der Waals surface area contributed by atoms with Crippen LogP contribution in [0.5, 0.6) is 5.75 Å². The van der Waals surface area contributed by atoms with Crippen molar-refractivity contribution in [2.75, 3.05) is 7.11 Å². The van der Waals surface area contributed by atoms with Crippen LogP contribution in [0.25, 0.3) is 6.08 Å². The quantitative estimate of drug-likeness (QED) is 0.227. The van der Waals surface area contributed by atoms with Gasteiger partial charge in [0, 0.05) is 0 Å². The monoisotopic (exact) mass is 432 g/mol. The molecule has 1 unspecified atom stereocenters. The van der Waals surface area contributed by atoms with Crippen LogP contribution in [0.2, 0.25) is 0 Å². The zero-order valence-electron chi connectivity index (χ0n) is 17.7. The summed E-state index contributed by atoms with van der Waals surface area (Å²) in [4.78, 5) is 51.2. The van der Waals surface area contributed by atoms with Gasteiger partial charge in [-0.2, -0.15) is 5.26 Å². The van der Waals surface area contributed by atoms with E-state index >= 15 is 0 Å². The van der Waals surface area contributed by atoms with Crippen LogP contribution >= 0.6 is 0 Å². The molecule has 0 radical (unpaired) electrons. The molecule has 0 aliphatic carbocycles. The Morgan fingerprint density at radius 1 is 1.03 bits per heavy atom. The number of amides is 2. The number of rotatable bonds is 6. The van der Waals surface area contributed by atoms with Gasteiger partial charge in [0.25, 0.3) is 11.8 Å². The second-order valence-corrected chi connectivity index (χ2v) is 7.37. The number of carbonyl (C=O) groups excluding carboxylic acids is 4. The van der Waals surface area contributed by atoms with Crippen LogP contribution in [-0.2, 0) is 14.3 Å². The second kappa shape index (κ2) is 9.27. The lowest BCUT2D eigenvalue weighted by Crippen LogP contribution is -2.49. The van der Waals surface area contributed by atoms with Crippen LogP contribution in [0, 0.1) is 17.2 Å². The van der Waals surface area contributed by atoms with E-state index in [-0.39, 0.29) is 22.4 Å². The zero-order chi connectivity index (χ0) is 23.4. The number of methoxy groups -OCH3 is 1.